The average molecular weight is 518 g/mol. The lowest BCUT2D eigenvalue weighted by Crippen LogP contribution is -2.32. The summed E-state index contributed by atoms with van der Waals surface area (Å²) in [4.78, 5) is 53.7. The molecule has 2 aliphatic heterocycles. The molecular formula is C20H12BrN3O5S2. The van der Waals surface area contributed by atoms with Gasteiger partial charge in [-0.3, -0.25) is 24.5 Å². The second kappa shape index (κ2) is 7.43. The summed E-state index contributed by atoms with van der Waals surface area (Å²) in [6, 6.07) is 12.8. The number of hydrogen-bond donors (Lipinski definition) is 1. The van der Waals surface area contributed by atoms with Gasteiger partial charge in [0.1, 0.15) is 5.25 Å². The van der Waals surface area contributed by atoms with Crippen molar-refractivity contribution < 1.29 is 14.5 Å². The Labute approximate surface area is 191 Å². The number of aromatic nitrogens is 1. The zero-order valence-corrected chi connectivity index (χ0v) is 18.7. The summed E-state index contributed by atoms with van der Waals surface area (Å²) in [5, 5.41) is 10.9. The van der Waals surface area contributed by atoms with Crippen molar-refractivity contribution in [1.82, 2.24) is 4.98 Å². The summed E-state index contributed by atoms with van der Waals surface area (Å²) in [5.74, 6) is -1.96. The van der Waals surface area contributed by atoms with Crippen LogP contribution in [0.3, 0.4) is 0 Å². The first-order valence-corrected chi connectivity index (χ1v) is 11.6. The molecule has 3 atom stereocenters. The summed E-state index contributed by atoms with van der Waals surface area (Å²) in [6.45, 7) is 0. The summed E-state index contributed by atoms with van der Waals surface area (Å²) in [6.07, 6.45) is 0. The molecule has 156 valence electrons. The molecule has 0 bridgehead atoms. The fraction of sp³-hybridized carbons (Fsp3) is 0.150. The minimum atomic E-state index is -0.721. The topological polar surface area (TPSA) is 113 Å². The summed E-state index contributed by atoms with van der Waals surface area (Å²) >= 11 is 5.54. The van der Waals surface area contributed by atoms with E-state index in [9.17, 15) is 24.5 Å². The van der Waals surface area contributed by atoms with Crippen molar-refractivity contribution in [3.8, 4) is 0 Å². The molecule has 3 heterocycles. The number of fused-ring (bicyclic) bond motifs is 2. The number of nitrogens with zero attached hydrogens (tertiary/aromatic N) is 2. The third-order valence-corrected chi connectivity index (χ3v) is 8.30. The number of anilines is 1. The van der Waals surface area contributed by atoms with E-state index in [4.69, 9.17) is 0 Å². The van der Waals surface area contributed by atoms with E-state index in [2.05, 4.69) is 20.9 Å². The highest BCUT2D eigenvalue weighted by molar-refractivity contribution is 9.10. The Hall–Kier alpha value is -2.76. The zero-order chi connectivity index (χ0) is 21.9. The van der Waals surface area contributed by atoms with Crippen LogP contribution < -0.4 is 9.77 Å². The number of carbonyl (C=O) groups excluding carboxylic acids is 2. The average Bonchev–Trinajstić information content (AvgIpc) is 3.24. The summed E-state index contributed by atoms with van der Waals surface area (Å²) in [7, 11) is 0. The van der Waals surface area contributed by atoms with E-state index >= 15 is 0 Å². The van der Waals surface area contributed by atoms with E-state index in [-0.39, 0.29) is 22.4 Å². The van der Waals surface area contributed by atoms with Crippen molar-refractivity contribution in [3.05, 3.63) is 83.2 Å². The Morgan fingerprint density at radius 2 is 1.68 bits per heavy atom. The van der Waals surface area contributed by atoms with Gasteiger partial charge in [-0.15, -0.1) is 0 Å². The number of thiazole rings is 1. The maximum Gasteiger partial charge on any atom is 0.305 e. The molecule has 8 nitrogen and oxygen atoms in total. The second-order valence-corrected chi connectivity index (χ2v) is 10.2. The van der Waals surface area contributed by atoms with Crippen LogP contribution in [0.2, 0.25) is 0 Å². The van der Waals surface area contributed by atoms with Gasteiger partial charge in [0.15, 0.2) is 0 Å². The van der Waals surface area contributed by atoms with Crippen LogP contribution in [0.15, 0.2) is 62.8 Å². The van der Waals surface area contributed by atoms with Crippen molar-refractivity contribution in [1.29, 1.82) is 0 Å². The van der Waals surface area contributed by atoms with E-state index in [0.717, 1.165) is 15.8 Å². The van der Waals surface area contributed by atoms with Crippen LogP contribution in [0.1, 0.15) is 16.4 Å². The van der Waals surface area contributed by atoms with E-state index in [1.54, 1.807) is 36.4 Å². The number of carbonyl (C=O) groups is 2. The molecule has 2 aliphatic rings. The summed E-state index contributed by atoms with van der Waals surface area (Å²) < 4.78 is 0.825. The van der Waals surface area contributed by atoms with Gasteiger partial charge in [-0.2, -0.15) is 0 Å². The molecule has 0 aliphatic carbocycles. The fourth-order valence-electron chi connectivity index (χ4n) is 4.02. The van der Waals surface area contributed by atoms with Crippen molar-refractivity contribution in [2.75, 3.05) is 4.90 Å². The normalized spacial score (nSPS) is 22.4. The molecule has 3 aromatic rings. The number of benzene rings is 2. The second-order valence-electron chi connectivity index (χ2n) is 7.09. The van der Waals surface area contributed by atoms with Gasteiger partial charge in [-0.05, 0) is 29.8 Å². The third-order valence-electron chi connectivity index (χ3n) is 5.37. The van der Waals surface area contributed by atoms with Crippen LogP contribution >= 0.6 is 39.0 Å². The van der Waals surface area contributed by atoms with Gasteiger partial charge in [0, 0.05) is 27.4 Å². The predicted octanol–water partition coefficient (Wildman–Crippen LogP) is 3.90. The van der Waals surface area contributed by atoms with Crippen LogP contribution in [0, 0.1) is 16.0 Å². The number of rotatable bonds is 3. The Kier molecular flexibility index (Phi) is 4.83. The minimum Gasteiger partial charge on any atom is -0.307 e. The number of hydrogen-bond acceptors (Lipinski definition) is 7. The SMILES string of the molecule is O=C1[C@@H]2[C@@H](c3ccc([N+](=O)[O-])cc3)c3sc(=O)[nH]c3S[C@H]2C(=O)N1c1ccc(Br)cc1. The molecular weight excluding hydrogens is 506 g/mol. The Morgan fingerprint density at radius 3 is 2.32 bits per heavy atom. The number of non-ortho nitro benzene ring substituents is 1. The lowest BCUT2D eigenvalue weighted by atomic mass is 9.83. The van der Waals surface area contributed by atoms with Gasteiger partial charge >= 0.3 is 4.87 Å². The number of halogens is 1. The van der Waals surface area contributed by atoms with E-state index in [1.807, 2.05) is 0 Å². The number of imide groups is 1. The molecule has 1 fully saturated rings. The monoisotopic (exact) mass is 517 g/mol. The molecule has 0 unspecified atom stereocenters. The zero-order valence-electron chi connectivity index (χ0n) is 15.5. The van der Waals surface area contributed by atoms with Crippen LogP contribution in [0.4, 0.5) is 11.4 Å². The third kappa shape index (κ3) is 3.24. The van der Waals surface area contributed by atoms with Gasteiger partial charge in [-0.1, -0.05) is 51.2 Å². The lowest BCUT2D eigenvalue weighted by molar-refractivity contribution is -0.384. The highest BCUT2D eigenvalue weighted by Gasteiger charge is 2.56. The number of nitro benzene ring substituents is 1. The predicted molar refractivity (Wildman–Crippen MR) is 120 cm³/mol. The molecule has 0 spiro atoms. The lowest BCUT2D eigenvalue weighted by Gasteiger charge is -2.29. The van der Waals surface area contributed by atoms with Crippen molar-refractivity contribution in [2.24, 2.45) is 5.92 Å². The Morgan fingerprint density at radius 1 is 1.00 bits per heavy atom. The maximum absolute atomic E-state index is 13.5. The molecule has 5 rings (SSSR count). The van der Waals surface area contributed by atoms with Crippen LogP contribution in [0.25, 0.3) is 0 Å². The minimum absolute atomic E-state index is 0.0710. The van der Waals surface area contributed by atoms with Crippen LogP contribution in [0.5, 0.6) is 0 Å². The van der Waals surface area contributed by atoms with Crippen molar-refractivity contribution >= 4 is 62.2 Å². The molecule has 1 saturated heterocycles. The molecule has 11 heteroatoms. The maximum atomic E-state index is 13.5. The van der Waals surface area contributed by atoms with Gasteiger partial charge in [0.2, 0.25) is 11.8 Å². The number of thioether (sulfide) groups is 1. The number of H-pyrrole nitrogens is 1. The van der Waals surface area contributed by atoms with Crippen LogP contribution in [-0.2, 0) is 9.59 Å². The Balaban J connectivity index is 1.63. The molecule has 0 radical (unpaired) electrons. The first-order valence-electron chi connectivity index (χ1n) is 9.12. The van der Waals surface area contributed by atoms with Gasteiger partial charge in [-0.25, -0.2) is 4.90 Å². The Bertz CT molecular complexity index is 1290. The number of amides is 2. The molecule has 2 aromatic carbocycles. The first-order chi connectivity index (χ1) is 14.8. The molecule has 1 N–H and O–H groups in total. The molecule has 0 saturated carbocycles. The highest BCUT2D eigenvalue weighted by atomic mass is 79.9. The smallest absolute Gasteiger partial charge is 0.305 e. The number of aromatic amines is 1. The number of nitro groups is 1. The standard InChI is InChI=1S/C20H12BrN3O5S2/c21-10-3-7-11(8-4-10)23-18(25)14-13(9-1-5-12(6-2-9)24(28)29)15-17(22-20(27)31-15)30-16(14)19(23)26/h1-8,13-14,16H,(H,22,27)/t13-,14-,16-/m1/s1. The molecule has 1 aromatic heterocycles. The van der Waals surface area contributed by atoms with E-state index < -0.39 is 22.0 Å². The summed E-state index contributed by atoms with van der Waals surface area (Å²) in [5.41, 5.74) is 1.06. The largest absolute Gasteiger partial charge is 0.307 e. The van der Waals surface area contributed by atoms with E-state index in [0.29, 0.717) is 21.2 Å². The van der Waals surface area contributed by atoms with Crippen molar-refractivity contribution in [2.45, 2.75) is 16.2 Å². The molecule has 31 heavy (non-hydrogen) atoms. The number of nitrogens with one attached hydrogen (secondary N) is 1. The first kappa shape index (κ1) is 20.2. The van der Waals surface area contributed by atoms with Crippen LogP contribution in [-0.4, -0.2) is 27.0 Å². The highest BCUT2D eigenvalue weighted by Crippen LogP contribution is 2.53. The van der Waals surface area contributed by atoms with E-state index in [1.165, 1.54) is 28.8 Å². The molecule has 2 amide bonds. The van der Waals surface area contributed by atoms with Crippen molar-refractivity contribution in [3.63, 3.8) is 0 Å². The fourth-order valence-corrected chi connectivity index (χ4v) is 6.80. The van der Waals surface area contributed by atoms with Gasteiger partial charge in [0.25, 0.3) is 5.69 Å². The quantitative estimate of drug-likeness (QED) is 0.320. The van der Waals surface area contributed by atoms with Gasteiger partial charge < -0.3 is 4.98 Å². The van der Waals surface area contributed by atoms with Gasteiger partial charge in [0.05, 0.1) is 21.6 Å².